The van der Waals surface area contributed by atoms with Gasteiger partial charge in [0.1, 0.15) is 5.38 Å². The molecule has 3 heteroatoms. The third-order valence-electron chi connectivity index (χ3n) is 2.09. The molecular formula is C11H14ClNO. The second-order valence-electron chi connectivity index (χ2n) is 3.35. The molecule has 1 aromatic rings. The number of hydrogen-bond acceptors (Lipinski definition) is 1. The molecule has 1 atom stereocenters. The van der Waals surface area contributed by atoms with Crippen LogP contribution in [-0.2, 0) is 4.79 Å². The Kier molecular flexibility index (Phi) is 3.53. The van der Waals surface area contributed by atoms with E-state index in [1.807, 2.05) is 31.2 Å². The summed E-state index contributed by atoms with van der Waals surface area (Å²) in [6.45, 7) is 3.68. The Morgan fingerprint density at radius 3 is 2.29 bits per heavy atom. The van der Waals surface area contributed by atoms with Crippen LogP contribution >= 0.6 is 11.6 Å². The lowest BCUT2D eigenvalue weighted by Crippen LogP contribution is -2.31. The number of benzene rings is 1. The molecule has 2 nitrogen and oxygen atoms in total. The van der Waals surface area contributed by atoms with Gasteiger partial charge < -0.3 is 4.90 Å². The molecule has 0 spiro atoms. The Balaban J connectivity index is 2.84. The summed E-state index contributed by atoms with van der Waals surface area (Å²) in [5, 5.41) is -0.485. The van der Waals surface area contributed by atoms with Gasteiger partial charge in [-0.15, -0.1) is 11.6 Å². The third kappa shape index (κ3) is 2.48. The molecule has 0 radical (unpaired) electrons. The van der Waals surface area contributed by atoms with Gasteiger partial charge in [0.05, 0.1) is 0 Å². The maximum atomic E-state index is 11.5. The quantitative estimate of drug-likeness (QED) is 0.689. The summed E-state index contributed by atoms with van der Waals surface area (Å²) in [5.41, 5.74) is 2.04. The van der Waals surface area contributed by atoms with Gasteiger partial charge in [0.25, 0.3) is 0 Å². The van der Waals surface area contributed by atoms with Crippen LogP contribution in [0.3, 0.4) is 0 Å². The molecule has 0 N–H and O–H groups in total. The molecule has 0 saturated carbocycles. The minimum absolute atomic E-state index is 0.0875. The molecule has 0 aromatic heterocycles. The van der Waals surface area contributed by atoms with Crippen molar-refractivity contribution < 1.29 is 4.79 Å². The van der Waals surface area contributed by atoms with Crippen molar-refractivity contribution >= 4 is 23.2 Å². The van der Waals surface area contributed by atoms with Gasteiger partial charge in [-0.3, -0.25) is 4.79 Å². The van der Waals surface area contributed by atoms with E-state index in [-0.39, 0.29) is 5.91 Å². The summed E-state index contributed by atoms with van der Waals surface area (Å²) < 4.78 is 0. The maximum Gasteiger partial charge on any atom is 0.244 e. The van der Waals surface area contributed by atoms with E-state index in [9.17, 15) is 4.79 Å². The Labute approximate surface area is 89.5 Å². The van der Waals surface area contributed by atoms with Crippen LogP contribution in [0.2, 0.25) is 0 Å². The van der Waals surface area contributed by atoms with Gasteiger partial charge in [-0.1, -0.05) is 17.7 Å². The van der Waals surface area contributed by atoms with Crippen molar-refractivity contribution in [1.29, 1.82) is 0 Å². The molecule has 1 aromatic carbocycles. The van der Waals surface area contributed by atoms with Crippen LogP contribution in [0.4, 0.5) is 5.69 Å². The molecular weight excluding hydrogens is 198 g/mol. The smallest absolute Gasteiger partial charge is 0.244 e. The predicted octanol–water partition coefficient (Wildman–Crippen LogP) is 2.59. The number of hydrogen-bond donors (Lipinski definition) is 0. The lowest BCUT2D eigenvalue weighted by Gasteiger charge is -2.18. The monoisotopic (exact) mass is 211 g/mol. The molecule has 1 unspecified atom stereocenters. The van der Waals surface area contributed by atoms with Crippen LogP contribution in [0, 0.1) is 6.92 Å². The number of nitrogens with zero attached hydrogens (tertiary/aromatic N) is 1. The van der Waals surface area contributed by atoms with Crippen molar-refractivity contribution in [1.82, 2.24) is 0 Å². The van der Waals surface area contributed by atoms with Crippen molar-refractivity contribution in [3.05, 3.63) is 29.8 Å². The van der Waals surface area contributed by atoms with Crippen LogP contribution in [0.15, 0.2) is 24.3 Å². The van der Waals surface area contributed by atoms with Crippen LogP contribution in [-0.4, -0.2) is 18.3 Å². The molecule has 0 aliphatic heterocycles. The summed E-state index contributed by atoms with van der Waals surface area (Å²) in [4.78, 5) is 13.1. The van der Waals surface area contributed by atoms with E-state index in [2.05, 4.69) is 0 Å². The fourth-order valence-corrected chi connectivity index (χ4v) is 1.31. The molecule has 14 heavy (non-hydrogen) atoms. The lowest BCUT2D eigenvalue weighted by molar-refractivity contribution is -0.117. The average Bonchev–Trinajstić information content (AvgIpc) is 2.16. The summed E-state index contributed by atoms with van der Waals surface area (Å²) >= 11 is 5.71. The minimum atomic E-state index is -0.485. The highest BCUT2D eigenvalue weighted by atomic mass is 35.5. The van der Waals surface area contributed by atoms with Crippen molar-refractivity contribution in [3.63, 3.8) is 0 Å². The zero-order chi connectivity index (χ0) is 10.7. The average molecular weight is 212 g/mol. The number of amides is 1. The van der Waals surface area contributed by atoms with E-state index in [1.54, 1.807) is 18.9 Å². The molecule has 0 aliphatic rings. The Bertz CT molecular complexity index is 319. The highest BCUT2D eigenvalue weighted by Gasteiger charge is 2.15. The van der Waals surface area contributed by atoms with Crippen molar-refractivity contribution in [2.45, 2.75) is 19.2 Å². The third-order valence-corrected chi connectivity index (χ3v) is 2.28. The zero-order valence-electron chi connectivity index (χ0n) is 8.62. The van der Waals surface area contributed by atoms with Crippen LogP contribution in [0.25, 0.3) is 0 Å². The highest BCUT2D eigenvalue weighted by molar-refractivity contribution is 6.32. The van der Waals surface area contributed by atoms with Gasteiger partial charge in [0, 0.05) is 12.7 Å². The first kappa shape index (κ1) is 11.1. The number of carbonyl (C=O) groups is 1. The lowest BCUT2D eigenvalue weighted by atomic mass is 10.2. The normalized spacial score (nSPS) is 12.3. The number of alkyl halides is 1. The van der Waals surface area contributed by atoms with Gasteiger partial charge in [-0.2, -0.15) is 0 Å². The van der Waals surface area contributed by atoms with Gasteiger partial charge in [0.15, 0.2) is 0 Å². The number of anilines is 1. The zero-order valence-corrected chi connectivity index (χ0v) is 9.38. The predicted molar refractivity (Wildman–Crippen MR) is 59.9 cm³/mol. The largest absolute Gasteiger partial charge is 0.314 e. The van der Waals surface area contributed by atoms with E-state index < -0.39 is 5.38 Å². The second kappa shape index (κ2) is 4.47. The van der Waals surface area contributed by atoms with Crippen molar-refractivity contribution in [3.8, 4) is 0 Å². The summed E-state index contributed by atoms with van der Waals surface area (Å²) in [6, 6.07) is 7.76. The van der Waals surface area contributed by atoms with E-state index in [4.69, 9.17) is 11.6 Å². The molecule has 0 bridgehead atoms. The minimum Gasteiger partial charge on any atom is -0.314 e. The molecule has 0 aliphatic carbocycles. The van der Waals surface area contributed by atoms with Crippen LogP contribution in [0.5, 0.6) is 0 Å². The molecule has 0 fully saturated rings. The molecule has 76 valence electrons. The fourth-order valence-electron chi connectivity index (χ4n) is 1.16. The molecule has 1 amide bonds. The summed E-state index contributed by atoms with van der Waals surface area (Å²) in [7, 11) is 1.73. The first-order chi connectivity index (χ1) is 6.52. The van der Waals surface area contributed by atoms with Crippen LogP contribution in [0.1, 0.15) is 12.5 Å². The topological polar surface area (TPSA) is 20.3 Å². The van der Waals surface area contributed by atoms with Crippen LogP contribution < -0.4 is 4.90 Å². The van der Waals surface area contributed by atoms with E-state index in [1.165, 1.54) is 5.56 Å². The standard InChI is InChI=1S/C11H14ClNO/c1-8-4-6-10(7-5-8)13(3)11(14)9(2)12/h4-7,9H,1-3H3. The Hall–Kier alpha value is -1.02. The van der Waals surface area contributed by atoms with Gasteiger partial charge >= 0.3 is 0 Å². The Morgan fingerprint density at radius 1 is 1.36 bits per heavy atom. The van der Waals surface area contributed by atoms with E-state index >= 15 is 0 Å². The summed E-state index contributed by atoms with van der Waals surface area (Å²) in [5.74, 6) is -0.0875. The first-order valence-corrected chi connectivity index (χ1v) is 4.94. The van der Waals surface area contributed by atoms with Gasteiger partial charge in [0.2, 0.25) is 5.91 Å². The number of aryl methyl sites for hydroxylation is 1. The Morgan fingerprint density at radius 2 is 1.86 bits per heavy atom. The summed E-state index contributed by atoms with van der Waals surface area (Å²) in [6.07, 6.45) is 0. The molecule has 0 saturated heterocycles. The SMILES string of the molecule is Cc1ccc(N(C)C(=O)C(C)Cl)cc1. The number of halogens is 1. The molecule has 1 rings (SSSR count). The molecule has 0 heterocycles. The second-order valence-corrected chi connectivity index (χ2v) is 4.00. The maximum absolute atomic E-state index is 11.5. The fraction of sp³-hybridized carbons (Fsp3) is 0.364. The number of carbonyl (C=O) groups excluding carboxylic acids is 1. The van der Waals surface area contributed by atoms with Crippen molar-refractivity contribution in [2.24, 2.45) is 0 Å². The van der Waals surface area contributed by atoms with Gasteiger partial charge in [-0.05, 0) is 26.0 Å². The van der Waals surface area contributed by atoms with Crippen molar-refractivity contribution in [2.75, 3.05) is 11.9 Å². The number of rotatable bonds is 2. The first-order valence-electron chi connectivity index (χ1n) is 4.50. The van der Waals surface area contributed by atoms with Gasteiger partial charge in [-0.25, -0.2) is 0 Å². The van der Waals surface area contributed by atoms with E-state index in [0.717, 1.165) is 5.69 Å². The highest BCUT2D eigenvalue weighted by Crippen LogP contribution is 2.15. The van der Waals surface area contributed by atoms with E-state index in [0.29, 0.717) is 0 Å².